The zero-order chi connectivity index (χ0) is 11.4. The Balaban J connectivity index is 2.74. The molecule has 15 heavy (non-hydrogen) atoms. The Bertz CT molecular complexity index is 368. The number of aliphatic hydroxyl groups is 1. The molecule has 0 bridgehead atoms. The Labute approximate surface area is 101 Å². The van der Waals surface area contributed by atoms with Gasteiger partial charge in [0, 0.05) is 10.1 Å². The van der Waals surface area contributed by atoms with Crippen LogP contribution in [-0.2, 0) is 0 Å². The number of carbonyl (C=O) groups is 1. The van der Waals surface area contributed by atoms with Crippen molar-refractivity contribution in [3.63, 3.8) is 0 Å². The molecule has 0 aliphatic heterocycles. The number of amides is 1. The second-order valence-corrected chi connectivity index (χ2v) is 4.35. The van der Waals surface area contributed by atoms with E-state index in [2.05, 4.69) is 5.32 Å². The molecule has 1 rings (SSSR count). The SMILES string of the molecule is C[C@@H](O)CNC(=O)c1ccc(F)cc1I. The summed E-state index contributed by atoms with van der Waals surface area (Å²) in [7, 11) is 0. The minimum Gasteiger partial charge on any atom is -0.392 e. The molecule has 0 fully saturated rings. The molecule has 0 aliphatic carbocycles. The van der Waals surface area contributed by atoms with Crippen molar-refractivity contribution in [3.8, 4) is 0 Å². The summed E-state index contributed by atoms with van der Waals surface area (Å²) in [5.41, 5.74) is 0.414. The monoisotopic (exact) mass is 323 g/mol. The van der Waals surface area contributed by atoms with E-state index in [-0.39, 0.29) is 18.3 Å². The van der Waals surface area contributed by atoms with E-state index >= 15 is 0 Å². The molecule has 0 saturated carbocycles. The van der Waals surface area contributed by atoms with Gasteiger partial charge in [-0.1, -0.05) is 0 Å². The van der Waals surface area contributed by atoms with Gasteiger partial charge in [-0.2, -0.15) is 0 Å². The first-order valence-electron chi connectivity index (χ1n) is 4.42. The van der Waals surface area contributed by atoms with Gasteiger partial charge in [0.2, 0.25) is 0 Å². The minimum atomic E-state index is -0.591. The highest BCUT2D eigenvalue weighted by atomic mass is 127. The molecule has 0 spiro atoms. The van der Waals surface area contributed by atoms with Crippen molar-refractivity contribution in [3.05, 3.63) is 33.1 Å². The molecule has 0 saturated heterocycles. The van der Waals surface area contributed by atoms with Crippen LogP contribution in [0.5, 0.6) is 0 Å². The van der Waals surface area contributed by atoms with Crippen LogP contribution in [-0.4, -0.2) is 23.7 Å². The van der Waals surface area contributed by atoms with E-state index in [4.69, 9.17) is 5.11 Å². The van der Waals surface area contributed by atoms with Crippen molar-refractivity contribution < 1.29 is 14.3 Å². The highest BCUT2D eigenvalue weighted by Gasteiger charge is 2.10. The average molecular weight is 323 g/mol. The van der Waals surface area contributed by atoms with Gasteiger partial charge < -0.3 is 10.4 Å². The maximum atomic E-state index is 12.7. The Morgan fingerprint density at radius 2 is 2.33 bits per heavy atom. The molecule has 0 radical (unpaired) electrons. The largest absolute Gasteiger partial charge is 0.392 e. The summed E-state index contributed by atoms with van der Waals surface area (Å²) >= 11 is 1.89. The highest BCUT2D eigenvalue weighted by molar-refractivity contribution is 14.1. The summed E-state index contributed by atoms with van der Waals surface area (Å²) < 4.78 is 13.3. The summed E-state index contributed by atoms with van der Waals surface area (Å²) in [4.78, 5) is 11.5. The van der Waals surface area contributed by atoms with Crippen molar-refractivity contribution >= 4 is 28.5 Å². The smallest absolute Gasteiger partial charge is 0.252 e. The van der Waals surface area contributed by atoms with Gasteiger partial charge in [-0.25, -0.2) is 4.39 Å². The van der Waals surface area contributed by atoms with E-state index in [9.17, 15) is 9.18 Å². The van der Waals surface area contributed by atoms with E-state index < -0.39 is 6.10 Å². The quantitative estimate of drug-likeness (QED) is 0.829. The van der Waals surface area contributed by atoms with Crippen molar-refractivity contribution in [2.75, 3.05) is 6.54 Å². The van der Waals surface area contributed by atoms with Crippen LogP contribution in [0, 0.1) is 9.39 Å². The first-order chi connectivity index (χ1) is 7.00. The average Bonchev–Trinajstić information content (AvgIpc) is 2.14. The van der Waals surface area contributed by atoms with Gasteiger partial charge in [-0.3, -0.25) is 4.79 Å². The number of halogens is 2. The lowest BCUT2D eigenvalue weighted by molar-refractivity contribution is 0.0923. The minimum absolute atomic E-state index is 0.187. The molecule has 0 unspecified atom stereocenters. The zero-order valence-corrected chi connectivity index (χ0v) is 10.3. The van der Waals surface area contributed by atoms with Crippen LogP contribution in [0.2, 0.25) is 0 Å². The van der Waals surface area contributed by atoms with E-state index in [1.54, 1.807) is 6.92 Å². The van der Waals surface area contributed by atoms with Crippen LogP contribution in [0.15, 0.2) is 18.2 Å². The number of aliphatic hydroxyl groups excluding tert-OH is 1. The van der Waals surface area contributed by atoms with Crippen LogP contribution in [0.4, 0.5) is 4.39 Å². The lowest BCUT2D eigenvalue weighted by Crippen LogP contribution is -2.31. The molecule has 0 aliphatic rings. The number of rotatable bonds is 3. The summed E-state index contributed by atoms with van der Waals surface area (Å²) in [6.45, 7) is 1.77. The molecule has 3 nitrogen and oxygen atoms in total. The molecule has 2 N–H and O–H groups in total. The Morgan fingerprint density at radius 3 is 2.87 bits per heavy atom. The Morgan fingerprint density at radius 1 is 1.67 bits per heavy atom. The molecule has 1 aromatic rings. The van der Waals surface area contributed by atoms with Crippen LogP contribution < -0.4 is 5.32 Å². The first-order valence-corrected chi connectivity index (χ1v) is 5.50. The van der Waals surface area contributed by atoms with Crippen LogP contribution >= 0.6 is 22.6 Å². The number of hydrogen-bond donors (Lipinski definition) is 2. The topological polar surface area (TPSA) is 49.3 Å². The lowest BCUT2D eigenvalue weighted by atomic mass is 10.2. The van der Waals surface area contributed by atoms with E-state index in [1.165, 1.54) is 18.2 Å². The van der Waals surface area contributed by atoms with Crippen molar-refractivity contribution in [2.24, 2.45) is 0 Å². The number of hydrogen-bond acceptors (Lipinski definition) is 2. The van der Waals surface area contributed by atoms with Crippen LogP contribution in [0.1, 0.15) is 17.3 Å². The maximum Gasteiger partial charge on any atom is 0.252 e. The fourth-order valence-corrected chi connectivity index (χ4v) is 1.73. The molecule has 0 heterocycles. The molecular weight excluding hydrogens is 312 g/mol. The fraction of sp³-hybridized carbons (Fsp3) is 0.300. The number of benzene rings is 1. The van der Waals surface area contributed by atoms with Crippen molar-refractivity contribution in [1.29, 1.82) is 0 Å². The first kappa shape index (κ1) is 12.4. The summed E-state index contributed by atoms with van der Waals surface area (Å²) in [5, 5.41) is 11.5. The third-order valence-electron chi connectivity index (χ3n) is 1.73. The Kier molecular flexibility index (Phi) is 4.46. The van der Waals surface area contributed by atoms with Gasteiger partial charge in [-0.05, 0) is 47.7 Å². The van der Waals surface area contributed by atoms with Gasteiger partial charge in [0.25, 0.3) is 5.91 Å². The van der Waals surface area contributed by atoms with Gasteiger partial charge >= 0.3 is 0 Å². The predicted octanol–water partition coefficient (Wildman–Crippen LogP) is 1.54. The third kappa shape index (κ3) is 3.75. The summed E-state index contributed by atoms with van der Waals surface area (Å²) in [5.74, 6) is -0.674. The molecule has 1 amide bonds. The standard InChI is InChI=1S/C10H11FINO2/c1-6(14)5-13-10(15)8-3-2-7(11)4-9(8)12/h2-4,6,14H,5H2,1H3,(H,13,15)/t6-/m1/s1. The van der Waals surface area contributed by atoms with Crippen LogP contribution in [0.25, 0.3) is 0 Å². The van der Waals surface area contributed by atoms with E-state index in [0.717, 1.165) is 0 Å². The number of nitrogens with one attached hydrogen (secondary N) is 1. The van der Waals surface area contributed by atoms with Gasteiger partial charge in [0.15, 0.2) is 0 Å². The van der Waals surface area contributed by atoms with Gasteiger partial charge in [0.05, 0.1) is 11.7 Å². The molecule has 5 heteroatoms. The molecule has 82 valence electrons. The summed E-state index contributed by atoms with van der Waals surface area (Å²) in [6, 6.07) is 3.95. The highest BCUT2D eigenvalue weighted by Crippen LogP contribution is 2.13. The lowest BCUT2D eigenvalue weighted by Gasteiger charge is -2.08. The maximum absolute atomic E-state index is 12.7. The van der Waals surface area contributed by atoms with Crippen molar-refractivity contribution in [2.45, 2.75) is 13.0 Å². The van der Waals surface area contributed by atoms with E-state index in [1.807, 2.05) is 22.6 Å². The normalized spacial score (nSPS) is 12.3. The predicted molar refractivity (Wildman–Crippen MR) is 63.1 cm³/mol. The van der Waals surface area contributed by atoms with Gasteiger partial charge in [-0.15, -0.1) is 0 Å². The second kappa shape index (κ2) is 5.41. The second-order valence-electron chi connectivity index (χ2n) is 3.18. The molecule has 1 aromatic carbocycles. The zero-order valence-electron chi connectivity index (χ0n) is 8.13. The van der Waals surface area contributed by atoms with Crippen LogP contribution in [0.3, 0.4) is 0 Å². The third-order valence-corrected chi connectivity index (χ3v) is 2.63. The molecule has 1 atom stereocenters. The summed E-state index contributed by atoms with van der Waals surface area (Å²) in [6.07, 6.45) is -0.591. The van der Waals surface area contributed by atoms with Gasteiger partial charge in [0.1, 0.15) is 5.82 Å². The molecule has 0 aromatic heterocycles. The molecular formula is C10H11FINO2. The number of carbonyl (C=O) groups excluding carboxylic acids is 1. The fourth-order valence-electron chi connectivity index (χ4n) is 1.01. The Hall–Kier alpha value is -0.690. The van der Waals surface area contributed by atoms with Crippen molar-refractivity contribution in [1.82, 2.24) is 5.32 Å². The van der Waals surface area contributed by atoms with E-state index in [0.29, 0.717) is 9.13 Å².